The SMILES string of the molecule is CCC(=O)N[C@@H]1CC[C@H](N(C)C(=O)c2ccc(-c3ccc(C(=O)O)c(C)c3)cc2)C1. The van der Waals surface area contributed by atoms with Crippen molar-refractivity contribution in [3.05, 3.63) is 59.2 Å². The molecule has 2 atom stereocenters. The van der Waals surface area contributed by atoms with E-state index in [1.807, 2.05) is 32.2 Å². The molecule has 0 radical (unpaired) electrons. The Bertz CT molecular complexity index is 952. The molecule has 6 nitrogen and oxygen atoms in total. The van der Waals surface area contributed by atoms with Gasteiger partial charge in [0.2, 0.25) is 5.91 Å². The molecular weight excluding hydrogens is 380 g/mol. The van der Waals surface area contributed by atoms with Gasteiger partial charge in [0.15, 0.2) is 0 Å². The number of nitrogens with zero attached hydrogens (tertiary/aromatic N) is 1. The van der Waals surface area contributed by atoms with Gasteiger partial charge in [0.25, 0.3) is 5.91 Å². The highest BCUT2D eigenvalue weighted by molar-refractivity contribution is 5.95. The van der Waals surface area contributed by atoms with Gasteiger partial charge < -0.3 is 15.3 Å². The molecule has 0 saturated heterocycles. The zero-order chi connectivity index (χ0) is 21.8. The van der Waals surface area contributed by atoms with Crippen molar-refractivity contribution in [3.8, 4) is 11.1 Å². The van der Waals surface area contributed by atoms with Crippen LogP contribution in [0.4, 0.5) is 0 Å². The topological polar surface area (TPSA) is 86.7 Å². The summed E-state index contributed by atoms with van der Waals surface area (Å²) < 4.78 is 0. The maximum absolute atomic E-state index is 12.9. The maximum Gasteiger partial charge on any atom is 0.335 e. The van der Waals surface area contributed by atoms with E-state index in [1.165, 1.54) is 0 Å². The lowest BCUT2D eigenvalue weighted by Crippen LogP contribution is -2.38. The van der Waals surface area contributed by atoms with Crippen LogP contribution in [0.25, 0.3) is 11.1 Å². The fourth-order valence-corrected chi connectivity index (χ4v) is 4.03. The van der Waals surface area contributed by atoms with Crippen molar-refractivity contribution < 1.29 is 19.5 Å². The van der Waals surface area contributed by atoms with Crippen molar-refractivity contribution in [1.29, 1.82) is 0 Å². The van der Waals surface area contributed by atoms with Crippen molar-refractivity contribution in [1.82, 2.24) is 10.2 Å². The molecule has 0 spiro atoms. The minimum atomic E-state index is -0.938. The van der Waals surface area contributed by atoms with Gasteiger partial charge in [-0.05, 0) is 61.1 Å². The second-order valence-electron chi connectivity index (χ2n) is 7.91. The third-order valence-corrected chi connectivity index (χ3v) is 5.88. The minimum Gasteiger partial charge on any atom is -0.478 e. The van der Waals surface area contributed by atoms with Gasteiger partial charge in [-0.15, -0.1) is 0 Å². The van der Waals surface area contributed by atoms with E-state index in [0.717, 1.165) is 30.4 Å². The minimum absolute atomic E-state index is 0.0357. The summed E-state index contributed by atoms with van der Waals surface area (Å²) in [4.78, 5) is 37.5. The van der Waals surface area contributed by atoms with Crippen LogP contribution in [0, 0.1) is 6.92 Å². The molecule has 0 unspecified atom stereocenters. The molecule has 0 heterocycles. The summed E-state index contributed by atoms with van der Waals surface area (Å²) in [5.74, 6) is -0.922. The number of aryl methyl sites for hydroxylation is 1. The molecule has 6 heteroatoms. The van der Waals surface area contributed by atoms with Crippen LogP contribution in [0.3, 0.4) is 0 Å². The highest BCUT2D eigenvalue weighted by Crippen LogP contribution is 2.26. The summed E-state index contributed by atoms with van der Waals surface area (Å²) in [5.41, 5.74) is 3.44. The van der Waals surface area contributed by atoms with Gasteiger partial charge in [0, 0.05) is 31.1 Å². The maximum atomic E-state index is 12.9. The van der Waals surface area contributed by atoms with E-state index >= 15 is 0 Å². The Morgan fingerprint density at radius 2 is 1.73 bits per heavy atom. The van der Waals surface area contributed by atoms with Gasteiger partial charge in [-0.25, -0.2) is 4.79 Å². The number of rotatable bonds is 6. The highest BCUT2D eigenvalue weighted by Gasteiger charge is 2.30. The van der Waals surface area contributed by atoms with Crippen LogP contribution in [0.1, 0.15) is 58.9 Å². The molecular formula is C24H28N2O4. The van der Waals surface area contributed by atoms with Crippen LogP contribution < -0.4 is 5.32 Å². The Balaban J connectivity index is 1.67. The van der Waals surface area contributed by atoms with E-state index in [2.05, 4.69) is 5.32 Å². The fourth-order valence-electron chi connectivity index (χ4n) is 4.03. The summed E-state index contributed by atoms with van der Waals surface area (Å²) in [5, 5.41) is 12.2. The molecule has 1 aliphatic rings. The molecule has 0 bridgehead atoms. The van der Waals surface area contributed by atoms with Crippen molar-refractivity contribution in [2.45, 2.75) is 51.6 Å². The van der Waals surface area contributed by atoms with Gasteiger partial charge in [0.05, 0.1) is 5.56 Å². The summed E-state index contributed by atoms with van der Waals surface area (Å²) in [6.07, 6.45) is 3.02. The van der Waals surface area contributed by atoms with Crippen LogP contribution in [0.5, 0.6) is 0 Å². The molecule has 2 aromatic carbocycles. The molecule has 1 fully saturated rings. The lowest BCUT2D eigenvalue weighted by Gasteiger charge is -2.25. The van der Waals surface area contributed by atoms with Crippen LogP contribution in [0.15, 0.2) is 42.5 Å². The lowest BCUT2D eigenvalue weighted by atomic mass is 9.99. The van der Waals surface area contributed by atoms with E-state index in [9.17, 15) is 19.5 Å². The number of carboxylic acids is 1. The first-order valence-corrected chi connectivity index (χ1v) is 10.3. The van der Waals surface area contributed by atoms with Crippen molar-refractivity contribution in [3.63, 3.8) is 0 Å². The standard InChI is InChI=1S/C24H28N2O4/c1-4-22(27)25-19-10-11-20(14-19)26(3)23(28)17-7-5-16(6-8-17)18-9-12-21(24(29)30)15(2)13-18/h5-9,12-13,19-20H,4,10-11,14H2,1-3H3,(H,25,27)(H,29,30)/t19-,20+/m1/s1. The van der Waals surface area contributed by atoms with E-state index in [1.54, 1.807) is 36.1 Å². The monoisotopic (exact) mass is 408 g/mol. The first-order chi connectivity index (χ1) is 14.3. The van der Waals surface area contributed by atoms with Gasteiger partial charge in [-0.3, -0.25) is 9.59 Å². The Morgan fingerprint density at radius 3 is 2.33 bits per heavy atom. The number of carbonyl (C=O) groups excluding carboxylic acids is 2. The van der Waals surface area contributed by atoms with Gasteiger partial charge in [-0.2, -0.15) is 0 Å². The van der Waals surface area contributed by atoms with Crippen molar-refractivity contribution in [2.75, 3.05) is 7.05 Å². The largest absolute Gasteiger partial charge is 0.478 e. The van der Waals surface area contributed by atoms with Crippen molar-refractivity contribution >= 4 is 17.8 Å². The second-order valence-corrected chi connectivity index (χ2v) is 7.91. The number of amides is 2. The number of carboxylic acid groups (broad SMARTS) is 1. The zero-order valence-electron chi connectivity index (χ0n) is 17.6. The molecule has 1 saturated carbocycles. The quantitative estimate of drug-likeness (QED) is 0.759. The summed E-state index contributed by atoms with van der Waals surface area (Å²) in [7, 11) is 1.82. The van der Waals surface area contributed by atoms with Crippen LogP contribution in [-0.2, 0) is 4.79 Å². The lowest BCUT2D eigenvalue weighted by molar-refractivity contribution is -0.121. The first kappa shape index (κ1) is 21.6. The fraction of sp³-hybridized carbons (Fsp3) is 0.375. The molecule has 0 aliphatic heterocycles. The number of hydrogen-bond acceptors (Lipinski definition) is 3. The molecule has 2 aromatic rings. The van der Waals surface area contributed by atoms with Crippen LogP contribution in [0.2, 0.25) is 0 Å². The number of benzene rings is 2. The third-order valence-electron chi connectivity index (χ3n) is 5.88. The van der Waals surface area contributed by atoms with Gasteiger partial charge in [0.1, 0.15) is 0 Å². The zero-order valence-corrected chi connectivity index (χ0v) is 17.6. The number of hydrogen-bond donors (Lipinski definition) is 2. The van der Waals surface area contributed by atoms with Crippen LogP contribution in [-0.4, -0.2) is 46.9 Å². The van der Waals surface area contributed by atoms with E-state index in [0.29, 0.717) is 17.5 Å². The van der Waals surface area contributed by atoms with Gasteiger partial charge in [-0.1, -0.05) is 31.2 Å². The Kier molecular flexibility index (Phi) is 6.55. The summed E-state index contributed by atoms with van der Waals surface area (Å²) in [6.45, 7) is 3.61. The second kappa shape index (κ2) is 9.11. The molecule has 3 rings (SSSR count). The average Bonchev–Trinajstić information content (AvgIpc) is 3.20. The molecule has 2 amide bonds. The summed E-state index contributed by atoms with van der Waals surface area (Å²) in [6, 6.07) is 12.9. The Labute approximate surface area is 176 Å². The van der Waals surface area contributed by atoms with Crippen LogP contribution >= 0.6 is 0 Å². The number of aromatic carboxylic acids is 1. The summed E-state index contributed by atoms with van der Waals surface area (Å²) >= 11 is 0. The Morgan fingerprint density at radius 1 is 1.07 bits per heavy atom. The van der Waals surface area contributed by atoms with Crippen molar-refractivity contribution in [2.24, 2.45) is 0 Å². The molecule has 158 valence electrons. The normalized spacial score (nSPS) is 18.1. The first-order valence-electron chi connectivity index (χ1n) is 10.3. The van der Waals surface area contributed by atoms with E-state index in [-0.39, 0.29) is 29.5 Å². The molecule has 30 heavy (non-hydrogen) atoms. The highest BCUT2D eigenvalue weighted by atomic mass is 16.4. The molecule has 1 aliphatic carbocycles. The number of carbonyl (C=O) groups is 3. The average molecular weight is 408 g/mol. The smallest absolute Gasteiger partial charge is 0.335 e. The Hall–Kier alpha value is -3.15. The third kappa shape index (κ3) is 4.70. The number of nitrogens with one attached hydrogen (secondary N) is 1. The molecule has 2 N–H and O–H groups in total. The van der Waals surface area contributed by atoms with Gasteiger partial charge >= 0.3 is 5.97 Å². The molecule has 0 aromatic heterocycles. The van der Waals surface area contributed by atoms with E-state index in [4.69, 9.17) is 0 Å². The van der Waals surface area contributed by atoms with E-state index < -0.39 is 5.97 Å². The predicted molar refractivity (Wildman–Crippen MR) is 116 cm³/mol. The predicted octanol–water partition coefficient (Wildman–Crippen LogP) is 3.88.